The Balaban J connectivity index is 1.84. The second kappa shape index (κ2) is 6.19. The molecule has 1 N–H and O–H groups in total. The van der Waals surface area contributed by atoms with Gasteiger partial charge in [0.05, 0.1) is 10.2 Å². The molecule has 0 saturated heterocycles. The van der Waals surface area contributed by atoms with Gasteiger partial charge in [-0.1, -0.05) is 0 Å². The Kier molecular flexibility index (Phi) is 4.58. The van der Waals surface area contributed by atoms with E-state index in [0.717, 1.165) is 35.5 Å². The zero-order valence-electron chi connectivity index (χ0n) is 11.6. The van der Waals surface area contributed by atoms with Crippen molar-refractivity contribution in [2.75, 3.05) is 11.9 Å². The molecule has 0 spiro atoms. The number of rotatable bonds is 5. The van der Waals surface area contributed by atoms with Gasteiger partial charge in [-0.2, -0.15) is 5.10 Å². The fourth-order valence-corrected chi connectivity index (χ4v) is 2.38. The zero-order chi connectivity index (χ0) is 13.8. The van der Waals surface area contributed by atoms with E-state index in [2.05, 4.69) is 55.9 Å². The summed E-state index contributed by atoms with van der Waals surface area (Å²) in [6, 6.07) is 4.09. The van der Waals surface area contributed by atoms with Crippen molar-refractivity contribution >= 4 is 21.7 Å². The first kappa shape index (κ1) is 14.1. The topological polar surface area (TPSA) is 42.7 Å². The standard InChI is InChI=1S/C14H19BrN4/c1-10-5-7-17-14(13(10)15)16-6-4-8-19-12(3)9-11(2)18-19/h5,7,9H,4,6,8H2,1-3H3,(H,16,17). The smallest absolute Gasteiger partial charge is 0.140 e. The summed E-state index contributed by atoms with van der Waals surface area (Å²) in [5, 5.41) is 7.80. The van der Waals surface area contributed by atoms with Crippen LogP contribution < -0.4 is 5.32 Å². The maximum atomic E-state index is 4.45. The van der Waals surface area contributed by atoms with Gasteiger partial charge in [-0.15, -0.1) is 0 Å². The van der Waals surface area contributed by atoms with Crippen LogP contribution in [0.2, 0.25) is 0 Å². The maximum absolute atomic E-state index is 4.45. The van der Waals surface area contributed by atoms with Gasteiger partial charge in [0.1, 0.15) is 5.82 Å². The van der Waals surface area contributed by atoms with E-state index in [9.17, 15) is 0 Å². The van der Waals surface area contributed by atoms with Crippen LogP contribution in [0.1, 0.15) is 23.4 Å². The van der Waals surface area contributed by atoms with Crippen molar-refractivity contribution in [2.45, 2.75) is 33.7 Å². The molecule has 0 aromatic carbocycles. The van der Waals surface area contributed by atoms with E-state index in [1.807, 2.05) is 19.2 Å². The van der Waals surface area contributed by atoms with Gasteiger partial charge < -0.3 is 5.32 Å². The SMILES string of the molecule is Cc1cc(C)n(CCCNc2nccc(C)c2Br)n1. The Hall–Kier alpha value is -1.36. The summed E-state index contributed by atoms with van der Waals surface area (Å²) in [7, 11) is 0. The minimum absolute atomic E-state index is 0.882. The summed E-state index contributed by atoms with van der Waals surface area (Å²) in [5.41, 5.74) is 3.48. The highest BCUT2D eigenvalue weighted by molar-refractivity contribution is 9.10. The summed E-state index contributed by atoms with van der Waals surface area (Å²) in [6.07, 6.45) is 2.84. The van der Waals surface area contributed by atoms with Crippen molar-refractivity contribution in [3.05, 3.63) is 39.8 Å². The first-order chi connectivity index (χ1) is 9.08. The average Bonchev–Trinajstić information content (AvgIpc) is 2.68. The number of nitrogens with zero attached hydrogens (tertiary/aromatic N) is 3. The number of halogens is 1. The van der Waals surface area contributed by atoms with Gasteiger partial charge >= 0.3 is 0 Å². The third-order valence-corrected chi connectivity index (χ3v) is 4.03. The van der Waals surface area contributed by atoms with Crippen LogP contribution in [0.15, 0.2) is 22.8 Å². The van der Waals surface area contributed by atoms with Gasteiger partial charge in [0.2, 0.25) is 0 Å². The van der Waals surface area contributed by atoms with Crippen LogP contribution in [-0.4, -0.2) is 21.3 Å². The molecule has 0 atom stereocenters. The molecule has 0 aliphatic rings. The molecule has 0 aliphatic heterocycles. The highest BCUT2D eigenvalue weighted by Crippen LogP contribution is 2.23. The van der Waals surface area contributed by atoms with Crippen molar-refractivity contribution in [1.82, 2.24) is 14.8 Å². The molecular formula is C14H19BrN4. The molecular weight excluding hydrogens is 304 g/mol. The number of pyridine rings is 1. The fraction of sp³-hybridized carbons (Fsp3) is 0.429. The van der Waals surface area contributed by atoms with Crippen LogP contribution in [-0.2, 0) is 6.54 Å². The monoisotopic (exact) mass is 322 g/mol. The first-order valence-electron chi connectivity index (χ1n) is 6.44. The summed E-state index contributed by atoms with van der Waals surface area (Å²) in [5.74, 6) is 0.911. The fourth-order valence-electron chi connectivity index (χ4n) is 2.00. The molecule has 19 heavy (non-hydrogen) atoms. The molecule has 2 heterocycles. The number of hydrogen-bond acceptors (Lipinski definition) is 3. The summed E-state index contributed by atoms with van der Waals surface area (Å²) >= 11 is 3.55. The quantitative estimate of drug-likeness (QED) is 0.857. The summed E-state index contributed by atoms with van der Waals surface area (Å²) in [6.45, 7) is 7.98. The van der Waals surface area contributed by atoms with Gasteiger partial charge in [0.25, 0.3) is 0 Å². The van der Waals surface area contributed by atoms with Crippen LogP contribution in [0.4, 0.5) is 5.82 Å². The van der Waals surface area contributed by atoms with E-state index in [0.29, 0.717) is 0 Å². The average molecular weight is 323 g/mol. The zero-order valence-corrected chi connectivity index (χ0v) is 13.2. The Morgan fingerprint density at radius 2 is 2.11 bits per heavy atom. The molecule has 0 fully saturated rings. The van der Waals surface area contributed by atoms with Crippen LogP contribution in [0.3, 0.4) is 0 Å². The van der Waals surface area contributed by atoms with E-state index < -0.39 is 0 Å². The molecule has 2 rings (SSSR count). The predicted octanol–water partition coefficient (Wildman–Crippen LogP) is 3.47. The molecule has 0 saturated carbocycles. The highest BCUT2D eigenvalue weighted by Gasteiger charge is 2.04. The maximum Gasteiger partial charge on any atom is 0.140 e. The van der Waals surface area contributed by atoms with Crippen molar-refractivity contribution in [2.24, 2.45) is 0 Å². The molecule has 0 bridgehead atoms. The van der Waals surface area contributed by atoms with E-state index in [1.54, 1.807) is 0 Å². The molecule has 4 nitrogen and oxygen atoms in total. The van der Waals surface area contributed by atoms with E-state index in [1.165, 1.54) is 11.3 Å². The highest BCUT2D eigenvalue weighted by atomic mass is 79.9. The minimum atomic E-state index is 0.882. The third kappa shape index (κ3) is 3.56. The van der Waals surface area contributed by atoms with E-state index >= 15 is 0 Å². The molecule has 2 aromatic heterocycles. The van der Waals surface area contributed by atoms with Gasteiger partial charge in [-0.05, 0) is 60.8 Å². The molecule has 0 aliphatic carbocycles. The lowest BCUT2D eigenvalue weighted by molar-refractivity contribution is 0.573. The van der Waals surface area contributed by atoms with Crippen LogP contribution in [0, 0.1) is 20.8 Å². The van der Waals surface area contributed by atoms with Crippen molar-refractivity contribution in [3.63, 3.8) is 0 Å². The Morgan fingerprint density at radius 1 is 1.32 bits per heavy atom. The number of aryl methyl sites for hydroxylation is 4. The second-order valence-corrected chi connectivity index (χ2v) is 5.51. The van der Waals surface area contributed by atoms with Crippen molar-refractivity contribution in [3.8, 4) is 0 Å². The first-order valence-corrected chi connectivity index (χ1v) is 7.23. The molecule has 2 aromatic rings. The number of anilines is 1. The molecule has 0 amide bonds. The number of aromatic nitrogens is 3. The molecule has 0 radical (unpaired) electrons. The predicted molar refractivity (Wildman–Crippen MR) is 81.5 cm³/mol. The lowest BCUT2D eigenvalue weighted by Crippen LogP contribution is -2.10. The number of nitrogens with one attached hydrogen (secondary N) is 1. The largest absolute Gasteiger partial charge is 0.369 e. The van der Waals surface area contributed by atoms with Gasteiger partial charge in [0.15, 0.2) is 0 Å². The van der Waals surface area contributed by atoms with Gasteiger partial charge in [-0.25, -0.2) is 4.98 Å². The molecule has 0 unspecified atom stereocenters. The van der Waals surface area contributed by atoms with Crippen LogP contribution in [0.25, 0.3) is 0 Å². The minimum Gasteiger partial charge on any atom is -0.369 e. The van der Waals surface area contributed by atoms with Crippen LogP contribution in [0.5, 0.6) is 0 Å². The van der Waals surface area contributed by atoms with Crippen molar-refractivity contribution in [1.29, 1.82) is 0 Å². The lowest BCUT2D eigenvalue weighted by Gasteiger charge is -2.09. The Morgan fingerprint density at radius 3 is 2.79 bits per heavy atom. The Bertz CT molecular complexity index is 563. The van der Waals surface area contributed by atoms with Gasteiger partial charge in [0, 0.05) is 25.0 Å². The van der Waals surface area contributed by atoms with E-state index in [-0.39, 0.29) is 0 Å². The van der Waals surface area contributed by atoms with Crippen molar-refractivity contribution < 1.29 is 0 Å². The molecule has 102 valence electrons. The van der Waals surface area contributed by atoms with E-state index in [4.69, 9.17) is 0 Å². The molecule has 5 heteroatoms. The number of hydrogen-bond donors (Lipinski definition) is 1. The summed E-state index contributed by atoms with van der Waals surface area (Å²) in [4.78, 5) is 4.32. The van der Waals surface area contributed by atoms with Crippen LogP contribution >= 0.6 is 15.9 Å². The van der Waals surface area contributed by atoms with Gasteiger partial charge in [-0.3, -0.25) is 4.68 Å². The normalized spacial score (nSPS) is 10.7. The third-order valence-electron chi connectivity index (χ3n) is 3.02. The Labute approximate surface area is 122 Å². The summed E-state index contributed by atoms with van der Waals surface area (Å²) < 4.78 is 3.09. The lowest BCUT2D eigenvalue weighted by atomic mass is 10.3. The second-order valence-electron chi connectivity index (χ2n) is 4.72.